The van der Waals surface area contributed by atoms with Crippen LogP contribution in [0.1, 0.15) is 18.2 Å². The van der Waals surface area contributed by atoms with Crippen molar-refractivity contribution in [1.29, 1.82) is 0 Å². The Morgan fingerprint density at radius 1 is 1.15 bits per heavy atom. The average molecular weight is 363 g/mol. The number of carbonyl (C=O) groups is 1. The molecule has 0 fully saturated rings. The standard InChI is InChI=1S/C20H17N3O2S/c24-20(25)15-9-6-12-23-18(26-14-7-2-1-3-8-14)13-17(22-19(15)23)16-10-4-5-11-21-16/h1-12,17-18H,13H2,(H,24,25). The van der Waals surface area contributed by atoms with Gasteiger partial charge in [-0.3, -0.25) is 9.98 Å². The summed E-state index contributed by atoms with van der Waals surface area (Å²) in [6.07, 6.45) is 7.76. The summed E-state index contributed by atoms with van der Waals surface area (Å²) in [6, 6.07) is 15.7. The third-order valence-electron chi connectivity index (χ3n) is 4.28. The number of aromatic nitrogens is 1. The van der Waals surface area contributed by atoms with Crippen molar-refractivity contribution in [3.8, 4) is 0 Å². The fourth-order valence-corrected chi connectivity index (χ4v) is 4.27. The minimum Gasteiger partial charge on any atom is -0.478 e. The van der Waals surface area contributed by atoms with Crippen molar-refractivity contribution in [1.82, 2.24) is 9.88 Å². The number of rotatable bonds is 4. The smallest absolute Gasteiger partial charge is 0.339 e. The van der Waals surface area contributed by atoms with Crippen molar-refractivity contribution in [2.45, 2.75) is 22.7 Å². The number of carboxylic acid groups (broad SMARTS) is 1. The van der Waals surface area contributed by atoms with E-state index in [0.717, 1.165) is 17.0 Å². The van der Waals surface area contributed by atoms with E-state index in [1.165, 1.54) is 0 Å². The van der Waals surface area contributed by atoms with Gasteiger partial charge in [-0.05, 0) is 36.4 Å². The molecule has 0 radical (unpaired) electrons. The normalized spacial score (nSPS) is 21.6. The van der Waals surface area contributed by atoms with Crippen LogP contribution in [0.4, 0.5) is 0 Å². The van der Waals surface area contributed by atoms with E-state index in [9.17, 15) is 9.90 Å². The van der Waals surface area contributed by atoms with Crippen LogP contribution in [-0.4, -0.2) is 32.2 Å². The first-order valence-electron chi connectivity index (χ1n) is 8.33. The number of aliphatic imine (C=N–C) groups is 1. The molecule has 2 aromatic rings. The summed E-state index contributed by atoms with van der Waals surface area (Å²) in [5.41, 5.74) is 1.07. The summed E-state index contributed by atoms with van der Waals surface area (Å²) in [6.45, 7) is 0. The maximum absolute atomic E-state index is 11.7. The number of carboxylic acids is 1. The lowest BCUT2D eigenvalue weighted by Crippen LogP contribution is -2.42. The second-order valence-electron chi connectivity index (χ2n) is 5.98. The molecule has 1 aromatic carbocycles. The second kappa shape index (κ2) is 7.17. The molecule has 0 saturated heterocycles. The van der Waals surface area contributed by atoms with Crippen LogP contribution >= 0.6 is 11.8 Å². The highest BCUT2D eigenvalue weighted by molar-refractivity contribution is 7.99. The Morgan fingerprint density at radius 2 is 1.96 bits per heavy atom. The van der Waals surface area contributed by atoms with E-state index < -0.39 is 5.97 Å². The Kier molecular flexibility index (Phi) is 4.58. The summed E-state index contributed by atoms with van der Waals surface area (Å²) in [5, 5.41) is 9.62. The zero-order valence-electron chi connectivity index (χ0n) is 13.9. The van der Waals surface area contributed by atoms with Gasteiger partial charge in [0.2, 0.25) is 0 Å². The fraction of sp³-hybridized carbons (Fsp3) is 0.150. The van der Waals surface area contributed by atoms with Crippen molar-refractivity contribution in [2.75, 3.05) is 0 Å². The van der Waals surface area contributed by atoms with Gasteiger partial charge in [0, 0.05) is 23.7 Å². The maximum atomic E-state index is 11.7. The molecule has 5 nitrogen and oxygen atoms in total. The summed E-state index contributed by atoms with van der Waals surface area (Å²) < 4.78 is 0. The number of amidine groups is 1. The first kappa shape index (κ1) is 16.6. The van der Waals surface area contributed by atoms with Crippen LogP contribution in [0.25, 0.3) is 0 Å². The topological polar surface area (TPSA) is 65.8 Å². The molecule has 2 atom stereocenters. The van der Waals surface area contributed by atoms with Crippen molar-refractivity contribution >= 4 is 23.6 Å². The van der Waals surface area contributed by atoms with Gasteiger partial charge in [-0.15, -0.1) is 11.8 Å². The number of hydrogen-bond acceptors (Lipinski definition) is 5. The quantitative estimate of drug-likeness (QED) is 0.893. The van der Waals surface area contributed by atoms with Gasteiger partial charge >= 0.3 is 5.97 Å². The molecule has 2 aliphatic rings. The lowest BCUT2D eigenvalue weighted by atomic mass is 10.0. The van der Waals surface area contributed by atoms with E-state index in [4.69, 9.17) is 4.99 Å². The van der Waals surface area contributed by atoms with Crippen molar-refractivity contribution in [3.63, 3.8) is 0 Å². The molecule has 6 heteroatoms. The van der Waals surface area contributed by atoms with E-state index in [-0.39, 0.29) is 17.0 Å². The predicted molar refractivity (Wildman–Crippen MR) is 102 cm³/mol. The molecule has 0 aliphatic carbocycles. The summed E-state index contributed by atoms with van der Waals surface area (Å²) >= 11 is 1.71. The van der Waals surface area contributed by atoms with Crippen molar-refractivity contribution in [2.24, 2.45) is 4.99 Å². The monoisotopic (exact) mass is 363 g/mol. The van der Waals surface area contributed by atoms with Gasteiger partial charge in [-0.2, -0.15) is 0 Å². The molecule has 2 aliphatic heterocycles. The maximum Gasteiger partial charge on any atom is 0.339 e. The molecule has 3 heterocycles. The zero-order valence-corrected chi connectivity index (χ0v) is 14.7. The van der Waals surface area contributed by atoms with Crippen LogP contribution in [-0.2, 0) is 4.79 Å². The molecule has 0 spiro atoms. The molecule has 1 aromatic heterocycles. The number of allylic oxidation sites excluding steroid dienone is 2. The highest BCUT2D eigenvalue weighted by atomic mass is 32.2. The molecule has 4 rings (SSSR count). The van der Waals surface area contributed by atoms with Crippen LogP contribution in [0.5, 0.6) is 0 Å². The number of fused-ring (bicyclic) bond motifs is 1. The number of benzene rings is 1. The molecule has 130 valence electrons. The minimum absolute atomic E-state index is 0.0382. The van der Waals surface area contributed by atoms with E-state index in [0.29, 0.717) is 5.84 Å². The van der Waals surface area contributed by atoms with E-state index >= 15 is 0 Å². The Hall–Kier alpha value is -2.86. The molecule has 2 unspecified atom stereocenters. The average Bonchev–Trinajstić information content (AvgIpc) is 2.69. The molecule has 0 bridgehead atoms. The third-order valence-corrected chi connectivity index (χ3v) is 5.52. The molecular weight excluding hydrogens is 346 g/mol. The van der Waals surface area contributed by atoms with Gasteiger partial charge in [0.15, 0.2) is 0 Å². The summed E-state index contributed by atoms with van der Waals surface area (Å²) in [5.74, 6) is -0.474. The van der Waals surface area contributed by atoms with Crippen molar-refractivity contribution < 1.29 is 9.90 Å². The number of pyridine rings is 1. The van der Waals surface area contributed by atoms with Crippen LogP contribution in [0.15, 0.2) is 88.5 Å². The highest BCUT2D eigenvalue weighted by Crippen LogP contribution is 2.39. The predicted octanol–water partition coefficient (Wildman–Crippen LogP) is 3.88. The lowest BCUT2D eigenvalue weighted by molar-refractivity contribution is -0.132. The second-order valence-corrected chi connectivity index (χ2v) is 7.23. The SMILES string of the molecule is O=C(O)C1=CC=CN2C1=NC(c1ccccn1)CC2Sc1ccccc1. The van der Waals surface area contributed by atoms with Crippen LogP contribution in [0.2, 0.25) is 0 Å². The Morgan fingerprint density at radius 3 is 2.69 bits per heavy atom. The molecular formula is C20H17N3O2S. The lowest BCUT2D eigenvalue weighted by Gasteiger charge is -2.38. The number of hydrogen-bond donors (Lipinski definition) is 1. The van der Waals surface area contributed by atoms with E-state index in [2.05, 4.69) is 17.1 Å². The van der Waals surface area contributed by atoms with Crippen molar-refractivity contribution in [3.05, 3.63) is 84.3 Å². The highest BCUT2D eigenvalue weighted by Gasteiger charge is 2.35. The fourth-order valence-electron chi connectivity index (χ4n) is 3.08. The first-order valence-corrected chi connectivity index (χ1v) is 9.21. The molecule has 0 amide bonds. The Labute approximate surface area is 155 Å². The molecule has 1 N–H and O–H groups in total. The zero-order chi connectivity index (χ0) is 17.9. The Balaban J connectivity index is 1.72. The third kappa shape index (κ3) is 3.28. The van der Waals surface area contributed by atoms with Gasteiger partial charge in [0.1, 0.15) is 11.4 Å². The first-order chi connectivity index (χ1) is 12.7. The number of aliphatic carboxylic acids is 1. The van der Waals surface area contributed by atoms with Gasteiger partial charge in [0.25, 0.3) is 0 Å². The van der Waals surface area contributed by atoms with Gasteiger partial charge in [-0.1, -0.05) is 24.3 Å². The van der Waals surface area contributed by atoms with Gasteiger partial charge in [-0.25, -0.2) is 4.79 Å². The number of thioether (sulfide) groups is 1. The van der Waals surface area contributed by atoms with Crippen LogP contribution < -0.4 is 0 Å². The minimum atomic E-state index is -0.969. The van der Waals surface area contributed by atoms with Crippen LogP contribution in [0, 0.1) is 0 Å². The summed E-state index contributed by atoms with van der Waals surface area (Å²) in [4.78, 5) is 23.9. The number of nitrogens with zero attached hydrogens (tertiary/aromatic N) is 3. The summed E-state index contributed by atoms with van der Waals surface area (Å²) in [7, 11) is 0. The van der Waals surface area contributed by atoms with E-state index in [1.807, 2.05) is 47.5 Å². The molecule has 26 heavy (non-hydrogen) atoms. The van der Waals surface area contributed by atoms with Gasteiger partial charge in [0.05, 0.1) is 17.1 Å². The van der Waals surface area contributed by atoms with Crippen LogP contribution in [0.3, 0.4) is 0 Å². The van der Waals surface area contributed by atoms with Gasteiger partial charge < -0.3 is 10.0 Å². The van der Waals surface area contributed by atoms with E-state index in [1.54, 1.807) is 30.1 Å². The Bertz CT molecular complexity index is 894. The largest absolute Gasteiger partial charge is 0.478 e. The molecule has 0 saturated carbocycles.